The van der Waals surface area contributed by atoms with Crippen molar-refractivity contribution in [3.63, 3.8) is 0 Å². The fourth-order valence-corrected chi connectivity index (χ4v) is 2.77. The molecule has 0 amide bonds. The molecule has 0 unspecified atom stereocenters. The molecule has 0 atom stereocenters. The number of rotatable bonds is 2. The number of carbonyl (C=O) groups excluding carboxylic acids is 1. The van der Waals surface area contributed by atoms with Crippen LogP contribution in [0.15, 0.2) is 0 Å². The van der Waals surface area contributed by atoms with Gasteiger partial charge in [-0.3, -0.25) is 4.79 Å². The van der Waals surface area contributed by atoms with Crippen LogP contribution in [0.2, 0.25) is 19.6 Å². The van der Waals surface area contributed by atoms with Crippen molar-refractivity contribution >= 4 is 14.1 Å². The number of ketones is 1. The second kappa shape index (κ2) is 3.71. The Morgan fingerprint density at radius 1 is 1.25 bits per heavy atom. The average Bonchev–Trinajstić information content (AvgIpc) is 1.91. The van der Waals surface area contributed by atoms with Gasteiger partial charge >= 0.3 is 0 Å². The molecule has 0 saturated heterocycles. The summed E-state index contributed by atoms with van der Waals surface area (Å²) >= 11 is 0. The first-order valence-electron chi connectivity index (χ1n) is 4.67. The molecule has 0 heterocycles. The highest BCUT2D eigenvalue weighted by molar-refractivity contribution is 6.69. The fourth-order valence-electron chi connectivity index (χ4n) is 1.53. The Bertz CT molecular complexity index is 162. The van der Waals surface area contributed by atoms with E-state index < -0.39 is 8.32 Å². The highest BCUT2D eigenvalue weighted by Gasteiger charge is 2.24. The van der Waals surface area contributed by atoms with Gasteiger partial charge in [0.1, 0.15) is 5.78 Å². The SMILES string of the molecule is C[Si](C)(C)OC1CCC(=O)CC1. The van der Waals surface area contributed by atoms with Crippen LogP contribution in [-0.4, -0.2) is 20.2 Å². The fraction of sp³-hybridized carbons (Fsp3) is 0.889. The maximum absolute atomic E-state index is 10.9. The predicted molar refractivity (Wildman–Crippen MR) is 51.7 cm³/mol. The largest absolute Gasteiger partial charge is 0.415 e. The summed E-state index contributed by atoms with van der Waals surface area (Å²) in [6.07, 6.45) is 3.73. The van der Waals surface area contributed by atoms with E-state index in [0.29, 0.717) is 11.9 Å². The van der Waals surface area contributed by atoms with Gasteiger partial charge in [-0.25, -0.2) is 0 Å². The van der Waals surface area contributed by atoms with Crippen molar-refractivity contribution in [3.05, 3.63) is 0 Å². The van der Waals surface area contributed by atoms with E-state index in [9.17, 15) is 4.79 Å². The van der Waals surface area contributed by atoms with Gasteiger partial charge in [-0.1, -0.05) is 0 Å². The Balaban J connectivity index is 2.31. The van der Waals surface area contributed by atoms with Gasteiger partial charge in [0.05, 0.1) is 0 Å². The summed E-state index contributed by atoms with van der Waals surface area (Å²) < 4.78 is 5.91. The number of hydrogen-bond donors (Lipinski definition) is 0. The summed E-state index contributed by atoms with van der Waals surface area (Å²) in [5.74, 6) is 0.408. The molecule has 0 aliphatic heterocycles. The van der Waals surface area contributed by atoms with Crippen LogP contribution < -0.4 is 0 Å². The van der Waals surface area contributed by atoms with Crippen LogP contribution in [0, 0.1) is 0 Å². The lowest BCUT2D eigenvalue weighted by atomic mass is 9.97. The molecule has 1 fully saturated rings. The molecule has 3 heteroatoms. The van der Waals surface area contributed by atoms with Crippen molar-refractivity contribution in [2.75, 3.05) is 0 Å². The summed E-state index contributed by atoms with van der Waals surface area (Å²) in [7, 11) is -1.38. The molecule has 2 nitrogen and oxygen atoms in total. The Labute approximate surface area is 75.4 Å². The first-order chi connectivity index (χ1) is 5.47. The standard InChI is InChI=1S/C9H18O2Si/c1-12(2,3)11-9-6-4-8(10)5-7-9/h9H,4-7H2,1-3H3. The van der Waals surface area contributed by atoms with E-state index in [-0.39, 0.29) is 0 Å². The number of Topliss-reactive ketones (excluding diaryl/α,β-unsaturated/α-hetero) is 1. The predicted octanol–water partition coefficient (Wildman–Crippen LogP) is 2.35. The number of carbonyl (C=O) groups is 1. The van der Waals surface area contributed by atoms with Crippen molar-refractivity contribution in [2.45, 2.75) is 51.4 Å². The maximum Gasteiger partial charge on any atom is 0.184 e. The summed E-state index contributed by atoms with van der Waals surface area (Å²) in [5.41, 5.74) is 0. The second-order valence-electron chi connectivity index (χ2n) is 4.47. The van der Waals surface area contributed by atoms with Crippen LogP contribution in [0.3, 0.4) is 0 Å². The van der Waals surface area contributed by atoms with Crippen LogP contribution in [0.25, 0.3) is 0 Å². The molecular weight excluding hydrogens is 168 g/mol. The quantitative estimate of drug-likeness (QED) is 0.619. The third kappa shape index (κ3) is 3.50. The third-order valence-electron chi connectivity index (χ3n) is 2.01. The molecule has 0 N–H and O–H groups in total. The zero-order chi connectivity index (χ0) is 9.19. The molecule has 70 valence electrons. The van der Waals surface area contributed by atoms with Crippen molar-refractivity contribution in [1.82, 2.24) is 0 Å². The Morgan fingerprint density at radius 2 is 1.75 bits per heavy atom. The zero-order valence-electron chi connectivity index (χ0n) is 8.22. The third-order valence-corrected chi connectivity index (χ3v) is 3.05. The normalized spacial score (nSPS) is 21.4. The molecule has 12 heavy (non-hydrogen) atoms. The van der Waals surface area contributed by atoms with E-state index in [0.717, 1.165) is 25.7 Å². The topological polar surface area (TPSA) is 26.3 Å². The van der Waals surface area contributed by atoms with Crippen LogP contribution in [0.4, 0.5) is 0 Å². The Hall–Kier alpha value is -0.153. The van der Waals surface area contributed by atoms with Gasteiger partial charge in [0, 0.05) is 18.9 Å². The summed E-state index contributed by atoms with van der Waals surface area (Å²) in [6, 6.07) is 0. The molecular formula is C9H18O2Si. The lowest BCUT2D eigenvalue weighted by Crippen LogP contribution is -2.34. The second-order valence-corrected chi connectivity index (χ2v) is 8.93. The van der Waals surface area contributed by atoms with Crippen molar-refractivity contribution in [2.24, 2.45) is 0 Å². The van der Waals surface area contributed by atoms with Gasteiger partial charge in [0.15, 0.2) is 8.32 Å². The van der Waals surface area contributed by atoms with Gasteiger partial charge in [-0.2, -0.15) is 0 Å². The van der Waals surface area contributed by atoms with Crippen molar-refractivity contribution in [3.8, 4) is 0 Å². The van der Waals surface area contributed by atoms with E-state index in [4.69, 9.17) is 4.43 Å². The maximum atomic E-state index is 10.9. The molecule has 0 aromatic carbocycles. The van der Waals surface area contributed by atoms with E-state index in [1.54, 1.807) is 0 Å². The first kappa shape index (κ1) is 9.93. The zero-order valence-corrected chi connectivity index (χ0v) is 9.22. The summed E-state index contributed by atoms with van der Waals surface area (Å²) in [6.45, 7) is 6.59. The van der Waals surface area contributed by atoms with E-state index in [1.807, 2.05) is 0 Å². The molecule has 0 bridgehead atoms. The summed E-state index contributed by atoms with van der Waals surface area (Å²) in [4.78, 5) is 10.9. The van der Waals surface area contributed by atoms with E-state index >= 15 is 0 Å². The Morgan fingerprint density at radius 3 is 2.17 bits per heavy atom. The van der Waals surface area contributed by atoms with Crippen LogP contribution >= 0.6 is 0 Å². The van der Waals surface area contributed by atoms with Crippen LogP contribution in [0.1, 0.15) is 25.7 Å². The average molecular weight is 186 g/mol. The molecule has 1 aliphatic carbocycles. The minimum absolute atomic E-state index is 0.370. The van der Waals surface area contributed by atoms with Gasteiger partial charge < -0.3 is 4.43 Å². The van der Waals surface area contributed by atoms with E-state index in [1.165, 1.54) is 0 Å². The molecule has 0 spiro atoms. The van der Waals surface area contributed by atoms with Crippen molar-refractivity contribution < 1.29 is 9.22 Å². The van der Waals surface area contributed by atoms with Crippen molar-refractivity contribution in [1.29, 1.82) is 0 Å². The van der Waals surface area contributed by atoms with Crippen LogP contribution in [-0.2, 0) is 9.22 Å². The van der Waals surface area contributed by atoms with E-state index in [2.05, 4.69) is 19.6 Å². The minimum Gasteiger partial charge on any atom is -0.415 e. The van der Waals surface area contributed by atoms with Gasteiger partial charge in [0.2, 0.25) is 0 Å². The Kier molecular flexibility index (Phi) is 3.07. The highest BCUT2D eigenvalue weighted by atomic mass is 28.4. The smallest absolute Gasteiger partial charge is 0.184 e. The lowest BCUT2D eigenvalue weighted by Gasteiger charge is -2.28. The summed E-state index contributed by atoms with van der Waals surface area (Å²) in [5, 5.41) is 0. The van der Waals surface area contributed by atoms with Crippen LogP contribution in [0.5, 0.6) is 0 Å². The molecule has 0 aromatic heterocycles. The molecule has 1 aliphatic rings. The van der Waals surface area contributed by atoms with Gasteiger partial charge in [-0.15, -0.1) is 0 Å². The molecule has 1 rings (SSSR count). The minimum atomic E-state index is -1.38. The van der Waals surface area contributed by atoms with Gasteiger partial charge in [0.25, 0.3) is 0 Å². The molecule has 0 aromatic rings. The number of hydrogen-bond acceptors (Lipinski definition) is 2. The molecule has 0 radical (unpaired) electrons. The monoisotopic (exact) mass is 186 g/mol. The van der Waals surface area contributed by atoms with Gasteiger partial charge in [-0.05, 0) is 32.5 Å². The highest BCUT2D eigenvalue weighted by Crippen LogP contribution is 2.21. The molecule has 1 saturated carbocycles. The first-order valence-corrected chi connectivity index (χ1v) is 8.08. The lowest BCUT2D eigenvalue weighted by molar-refractivity contribution is -0.121.